The molecule has 0 aliphatic heterocycles. The zero-order valence-corrected chi connectivity index (χ0v) is 18.7. The molecular weight excluding hydrogens is 411 g/mol. The molecule has 0 saturated carbocycles. The van der Waals surface area contributed by atoms with E-state index in [0.29, 0.717) is 49.7 Å². The Hall–Kier alpha value is -3.32. The van der Waals surface area contributed by atoms with Crippen LogP contribution in [-0.4, -0.2) is 49.9 Å². The molecule has 1 aromatic heterocycles. The van der Waals surface area contributed by atoms with Gasteiger partial charge in [-0.1, -0.05) is 12.1 Å². The maximum Gasteiger partial charge on any atom is 0.257 e. The zero-order chi connectivity index (χ0) is 22.9. The molecule has 170 valence electrons. The second kappa shape index (κ2) is 11.3. The van der Waals surface area contributed by atoms with Crippen molar-refractivity contribution in [2.24, 2.45) is 0 Å². The van der Waals surface area contributed by atoms with Gasteiger partial charge < -0.3 is 23.7 Å². The quantitative estimate of drug-likeness (QED) is 0.416. The molecule has 0 radical (unpaired) electrons. The van der Waals surface area contributed by atoms with Crippen LogP contribution in [0.15, 0.2) is 60.8 Å². The zero-order valence-electron chi connectivity index (χ0n) is 18.7. The summed E-state index contributed by atoms with van der Waals surface area (Å²) in [6, 6.07) is 15.6. The molecule has 3 rings (SSSR count). The van der Waals surface area contributed by atoms with Crippen LogP contribution >= 0.6 is 0 Å². The lowest BCUT2D eigenvalue weighted by molar-refractivity contribution is 0.0716. The Labute approximate surface area is 188 Å². The summed E-state index contributed by atoms with van der Waals surface area (Å²) in [5.74, 6) is 0.699. The Morgan fingerprint density at radius 1 is 1.03 bits per heavy atom. The minimum Gasteiger partial charge on any atom is -0.497 e. The van der Waals surface area contributed by atoms with Crippen molar-refractivity contribution < 1.29 is 23.4 Å². The maximum atomic E-state index is 13.5. The summed E-state index contributed by atoms with van der Waals surface area (Å²) >= 11 is 0. The highest BCUT2D eigenvalue weighted by Crippen LogP contribution is 2.26. The van der Waals surface area contributed by atoms with E-state index in [-0.39, 0.29) is 11.7 Å². The third kappa shape index (κ3) is 5.88. The van der Waals surface area contributed by atoms with Crippen molar-refractivity contribution in [1.29, 1.82) is 0 Å². The minimum atomic E-state index is -0.259. The molecule has 0 bridgehead atoms. The van der Waals surface area contributed by atoms with Crippen LogP contribution in [0.3, 0.4) is 0 Å². The van der Waals surface area contributed by atoms with Crippen LogP contribution in [0.1, 0.15) is 28.0 Å². The number of carbonyl (C=O) groups excluding carboxylic acids is 1. The number of hydrogen-bond acceptors (Lipinski definition) is 4. The fraction of sp³-hybridized carbons (Fsp3) is 0.320. The molecule has 1 heterocycles. The second-order valence-electron chi connectivity index (χ2n) is 7.39. The molecule has 3 aromatic rings. The summed E-state index contributed by atoms with van der Waals surface area (Å²) in [5, 5.41) is 0. The van der Waals surface area contributed by atoms with Gasteiger partial charge in [-0.15, -0.1) is 0 Å². The number of ether oxygens (including phenoxy) is 3. The summed E-state index contributed by atoms with van der Waals surface area (Å²) in [5.41, 5.74) is 2.44. The molecule has 0 N–H and O–H groups in total. The van der Waals surface area contributed by atoms with E-state index < -0.39 is 0 Å². The number of aromatic nitrogens is 1. The Bertz CT molecular complexity index is 1020. The van der Waals surface area contributed by atoms with E-state index in [4.69, 9.17) is 14.2 Å². The van der Waals surface area contributed by atoms with Crippen LogP contribution in [-0.2, 0) is 17.8 Å². The van der Waals surface area contributed by atoms with Crippen LogP contribution in [0.25, 0.3) is 0 Å². The molecule has 0 atom stereocenters. The van der Waals surface area contributed by atoms with Crippen molar-refractivity contribution in [2.45, 2.75) is 19.5 Å². The van der Waals surface area contributed by atoms with Gasteiger partial charge in [0.1, 0.15) is 17.3 Å². The first kappa shape index (κ1) is 23.3. The van der Waals surface area contributed by atoms with Crippen LogP contribution in [0.2, 0.25) is 0 Å². The average Bonchev–Trinajstić information content (AvgIpc) is 3.25. The molecule has 0 unspecified atom stereocenters. The van der Waals surface area contributed by atoms with Gasteiger partial charge in [0, 0.05) is 44.8 Å². The standard InChI is InChI=1S/C25H29FN2O4/c1-30-15-5-14-28(25(29)23-12-11-22(31-2)16-24(23)32-3)18-21-6-4-13-27(21)17-19-7-9-20(26)10-8-19/h4,6-13,16H,5,14-15,17-18H2,1-3H3. The van der Waals surface area contributed by atoms with E-state index in [1.54, 1.807) is 49.5 Å². The summed E-state index contributed by atoms with van der Waals surface area (Å²) in [7, 11) is 4.75. The van der Waals surface area contributed by atoms with E-state index in [1.807, 2.05) is 18.3 Å². The monoisotopic (exact) mass is 440 g/mol. The number of halogens is 1. The van der Waals surface area contributed by atoms with Crippen molar-refractivity contribution in [3.63, 3.8) is 0 Å². The first-order valence-electron chi connectivity index (χ1n) is 10.4. The highest BCUT2D eigenvalue weighted by Gasteiger charge is 2.21. The third-order valence-electron chi connectivity index (χ3n) is 5.25. The van der Waals surface area contributed by atoms with Crippen LogP contribution < -0.4 is 9.47 Å². The molecule has 7 heteroatoms. The van der Waals surface area contributed by atoms with Gasteiger partial charge in [-0.3, -0.25) is 4.79 Å². The first-order chi connectivity index (χ1) is 15.5. The predicted octanol–water partition coefficient (Wildman–Crippen LogP) is 4.37. The predicted molar refractivity (Wildman–Crippen MR) is 121 cm³/mol. The smallest absolute Gasteiger partial charge is 0.257 e. The largest absolute Gasteiger partial charge is 0.497 e. The van der Waals surface area contributed by atoms with Crippen molar-refractivity contribution in [3.8, 4) is 11.5 Å². The highest BCUT2D eigenvalue weighted by molar-refractivity contribution is 5.97. The minimum absolute atomic E-state index is 0.130. The first-order valence-corrected chi connectivity index (χ1v) is 10.4. The number of methoxy groups -OCH3 is 3. The summed E-state index contributed by atoms with van der Waals surface area (Å²) in [4.78, 5) is 15.3. The van der Waals surface area contributed by atoms with Gasteiger partial charge in [0.15, 0.2) is 0 Å². The van der Waals surface area contributed by atoms with E-state index >= 15 is 0 Å². The molecule has 6 nitrogen and oxygen atoms in total. The van der Waals surface area contributed by atoms with Gasteiger partial charge in [-0.2, -0.15) is 0 Å². The lowest BCUT2D eigenvalue weighted by atomic mass is 10.1. The molecule has 2 aromatic carbocycles. The van der Waals surface area contributed by atoms with Crippen molar-refractivity contribution in [3.05, 3.63) is 83.4 Å². The van der Waals surface area contributed by atoms with Gasteiger partial charge in [0.25, 0.3) is 5.91 Å². The fourth-order valence-corrected chi connectivity index (χ4v) is 3.53. The normalized spacial score (nSPS) is 10.8. The van der Waals surface area contributed by atoms with E-state index in [0.717, 1.165) is 11.3 Å². The molecule has 0 fully saturated rings. The van der Waals surface area contributed by atoms with Crippen molar-refractivity contribution in [2.75, 3.05) is 34.5 Å². The average molecular weight is 441 g/mol. The number of amides is 1. The Balaban J connectivity index is 1.83. The molecular formula is C25H29FN2O4. The fourth-order valence-electron chi connectivity index (χ4n) is 3.53. The number of rotatable bonds is 11. The Morgan fingerprint density at radius 2 is 1.81 bits per heavy atom. The number of benzene rings is 2. The number of hydrogen-bond donors (Lipinski definition) is 0. The summed E-state index contributed by atoms with van der Waals surface area (Å²) in [6.45, 7) is 2.10. The van der Waals surface area contributed by atoms with Crippen LogP contribution in [0.5, 0.6) is 11.5 Å². The molecule has 1 amide bonds. The summed E-state index contributed by atoms with van der Waals surface area (Å²) < 4.78 is 31.2. The van der Waals surface area contributed by atoms with E-state index in [9.17, 15) is 9.18 Å². The number of carbonyl (C=O) groups is 1. The second-order valence-corrected chi connectivity index (χ2v) is 7.39. The van der Waals surface area contributed by atoms with E-state index in [1.165, 1.54) is 19.2 Å². The van der Waals surface area contributed by atoms with Crippen LogP contribution in [0, 0.1) is 5.82 Å². The van der Waals surface area contributed by atoms with Crippen LogP contribution in [0.4, 0.5) is 4.39 Å². The Kier molecular flexibility index (Phi) is 8.27. The molecule has 0 aliphatic rings. The molecule has 0 aliphatic carbocycles. The van der Waals surface area contributed by atoms with Gasteiger partial charge >= 0.3 is 0 Å². The van der Waals surface area contributed by atoms with Gasteiger partial charge in [0.05, 0.1) is 26.3 Å². The number of nitrogens with zero attached hydrogens (tertiary/aromatic N) is 2. The van der Waals surface area contributed by atoms with Crippen molar-refractivity contribution >= 4 is 5.91 Å². The highest BCUT2D eigenvalue weighted by atomic mass is 19.1. The Morgan fingerprint density at radius 3 is 2.50 bits per heavy atom. The lowest BCUT2D eigenvalue weighted by Gasteiger charge is -2.25. The molecule has 32 heavy (non-hydrogen) atoms. The SMILES string of the molecule is COCCCN(Cc1cccn1Cc1ccc(F)cc1)C(=O)c1ccc(OC)cc1OC. The summed E-state index contributed by atoms with van der Waals surface area (Å²) in [6.07, 6.45) is 2.67. The van der Waals surface area contributed by atoms with Gasteiger partial charge in [0.2, 0.25) is 0 Å². The van der Waals surface area contributed by atoms with Crippen molar-refractivity contribution in [1.82, 2.24) is 9.47 Å². The molecule has 0 saturated heterocycles. The van der Waals surface area contributed by atoms with E-state index in [2.05, 4.69) is 4.57 Å². The van der Waals surface area contributed by atoms with Gasteiger partial charge in [-0.05, 0) is 48.4 Å². The van der Waals surface area contributed by atoms with Gasteiger partial charge in [-0.25, -0.2) is 4.39 Å². The maximum absolute atomic E-state index is 13.5. The molecule has 0 spiro atoms. The topological polar surface area (TPSA) is 52.9 Å². The lowest BCUT2D eigenvalue weighted by Crippen LogP contribution is -2.33. The third-order valence-corrected chi connectivity index (χ3v) is 5.25.